The average Bonchev–Trinajstić information content (AvgIpc) is 2.08. The molecular weight excluding hydrogens is 204 g/mol. The van der Waals surface area contributed by atoms with E-state index in [0.717, 1.165) is 4.90 Å². The van der Waals surface area contributed by atoms with Crippen molar-refractivity contribution in [3.05, 3.63) is 0 Å². The van der Waals surface area contributed by atoms with Crippen LogP contribution in [0.1, 0.15) is 40.5 Å². The number of piperidine rings is 1. The summed E-state index contributed by atoms with van der Waals surface area (Å²) in [5.74, 6) is -0.470. The molecule has 1 heterocycles. The van der Waals surface area contributed by atoms with E-state index in [1.165, 1.54) is 0 Å². The molecule has 0 spiro atoms. The van der Waals surface area contributed by atoms with Gasteiger partial charge in [0.1, 0.15) is 6.04 Å². The van der Waals surface area contributed by atoms with E-state index in [4.69, 9.17) is 5.26 Å². The first-order valence-electron chi connectivity index (χ1n) is 5.53. The topological polar surface area (TPSA) is 61.2 Å². The molecule has 1 rings (SSSR count). The normalized spacial score (nSPS) is 22.1. The lowest BCUT2D eigenvalue weighted by Gasteiger charge is -2.37. The van der Waals surface area contributed by atoms with Crippen LogP contribution in [0.2, 0.25) is 0 Å². The van der Waals surface area contributed by atoms with Gasteiger partial charge in [-0.2, -0.15) is 5.26 Å². The van der Waals surface area contributed by atoms with Crippen molar-refractivity contribution in [2.24, 2.45) is 11.3 Å². The summed E-state index contributed by atoms with van der Waals surface area (Å²) in [6, 6.07) is 1.42. The molecule has 4 heteroatoms. The molecule has 0 aromatic heterocycles. The first-order chi connectivity index (χ1) is 7.28. The second-order valence-electron chi connectivity index (χ2n) is 5.49. The quantitative estimate of drug-likeness (QED) is 0.668. The van der Waals surface area contributed by atoms with Crippen LogP contribution in [0.15, 0.2) is 0 Å². The Kier molecular flexibility index (Phi) is 3.37. The predicted octanol–water partition coefficient (Wildman–Crippen LogP) is 1.71. The molecule has 0 aliphatic carbocycles. The predicted molar refractivity (Wildman–Crippen MR) is 59.1 cm³/mol. The van der Waals surface area contributed by atoms with Gasteiger partial charge in [0.25, 0.3) is 0 Å². The molecule has 1 fully saturated rings. The molecule has 0 aromatic carbocycles. The zero-order chi connectivity index (χ0) is 12.5. The number of carbonyl (C=O) groups is 2. The number of imide groups is 1. The van der Waals surface area contributed by atoms with Crippen molar-refractivity contribution in [1.82, 2.24) is 4.90 Å². The van der Waals surface area contributed by atoms with Crippen molar-refractivity contribution in [1.29, 1.82) is 5.26 Å². The maximum Gasteiger partial charge on any atom is 0.230 e. The van der Waals surface area contributed by atoms with Gasteiger partial charge in [0.05, 0.1) is 6.07 Å². The molecule has 0 aromatic rings. The van der Waals surface area contributed by atoms with Crippen LogP contribution < -0.4 is 0 Å². The van der Waals surface area contributed by atoms with Crippen LogP contribution in [0.25, 0.3) is 0 Å². The van der Waals surface area contributed by atoms with Crippen LogP contribution >= 0.6 is 0 Å². The van der Waals surface area contributed by atoms with E-state index in [1.807, 2.05) is 33.8 Å². The van der Waals surface area contributed by atoms with Crippen molar-refractivity contribution in [3.63, 3.8) is 0 Å². The molecule has 88 valence electrons. The van der Waals surface area contributed by atoms with E-state index < -0.39 is 6.04 Å². The van der Waals surface area contributed by atoms with Gasteiger partial charge in [-0.3, -0.25) is 14.5 Å². The Morgan fingerprint density at radius 3 is 2.00 bits per heavy atom. The Hall–Kier alpha value is -1.37. The van der Waals surface area contributed by atoms with Gasteiger partial charge >= 0.3 is 0 Å². The number of nitriles is 1. The van der Waals surface area contributed by atoms with Gasteiger partial charge in [0.15, 0.2) is 0 Å². The number of hydrogen-bond donors (Lipinski definition) is 0. The Labute approximate surface area is 96.2 Å². The van der Waals surface area contributed by atoms with Crippen molar-refractivity contribution < 1.29 is 9.59 Å². The number of rotatable bonds is 2. The van der Waals surface area contributed by atoms with E-state index in [0.29, 0.717) is 12.8 Å². The van der Waals surface area contributed by atoms with Gasteiger partial charge in [-0.15, -0.1) is 0 Å². The first-order valence-corrected chi connectivity index (χ1v) is 5.53. The third-order valence-electron chi connectivity index (χ3n) is 2.84. The van der Waals surface area contributed by atoms with Gasteiger partial charge in [-0.25, -0.2) is 0 Å². The number of carbonyl (C=O) groups excluding carboxylic acids is 2. The van der Waals surface area contributed by atoms with Crippen molar-refractivity contribution in [2.45, 2.75) is 46.6 Å². The van der Waals surface area contributed by atoms with Gasteiger partial charge in [0, 0.05) is 12.8 Å². The molecule has 16 heavy (non-hydrogen) atoms. The number of nitrogens with zero attached hydrogens (tertiary/aromatic N) is 2. The van der Waals surface area contributed by atoms with Gasteiger partial charge < -0.3 is 0 Å². The largest absolute Gasteiger partial charge is 0.274 e. The molecule has 1 aliphatic rings. The second-order valence-corrected chi connectivity index (χ2v) is 5.49. The van der Waals surface area contributed by atoms with Crippen LogP contribution in [0.5, 0.6) is 0 Å². The highest BCUT2D eigenvalue weighted by Gasteiger charge is 2.41. The van der Waals surface area contributed by atoms with Gasteiger partial charge in [0.2, 0.25) is 11.8 Å². The lowest BCUT2D eigenvalue weighted by molar-refractivity contribution is -0.155. The van der Waals surface area contributed by atoms with Crippen LogP contribution in [-0.4, -0.2) is 22.8 Å². The van der Waals surface area contributed by atoms with E-state index >= 15 is 0 Å². The molecule has 1 saturated heterocycles. The number of likely N-dealkylation sites (tertiary alicyclic amines) is 1. The highest BCUT2D eigenvalue weighted by Crippen LogP contribution is 2.33. The zero-order valence-corrected chi connectivity index (χ0v) is 10.3. The fraction of sp³-hybridized carbons (Fsp3) is 0.750. The first kappa shape index (κ1) is 12.7. The molecule has 0 radical (unpaired) electrons. The fourth-order valence-corrected chi connectivity index (χ4v) is 2.01. The van der Waals surface area contributed by atoms with Gasteiger partial charge in [-0.05, 0) is 11.3 Å². The Balaban J connectivity index is 2.95. The van der Waals surface area contributed by atoms with Gasteiger partial charge in [-0.1, -0.05) is 27.7 Å². The van der Waals surface area contributed by atoms with E-state index in [9.17, 15) is 9.59 Å². The monoisotopic (exact) mass is 222 g/mol. The van der Waals surface area contributed by atoms with Crippen molar-refractivity contribution in [2.75, 3.05) is 0 Å². The molecule has 1 atom stereocenters. The molecule has 4 nitrogen and oxygen atoms in total. The fourth-order valence-electron chi connectivity index (χ4n) is 2.01. The standard InChI is InChI=1S/C12H18N2O2/c1-8(2)9(7-13)14-10(15)5-12(3,4)6-11(14)16/h8-9H,5-6H2,1-4H3. The lowest BCUT2D eigenvalue weighted by atomic mass is 9.81. The summed E-state index contributed by atoms with van der Waals surface area (Å²) in [5.41, 5.74) is -0.276. The summed E-state index contributed by atoms with van der Waals surface area (Å²) in [4.78, 5) is 24.9. The minimum Gasteiger partial charge on any atom is -0.274 e. The lowest BCUT2D eigenvalue weighted by Crippen LogP contribution is -2.52. The zero-order valence-electron chi connectivity index (χ0n) is 10.3. The highest BCUT2D eigenvalue weighted by atomic mass is 16.2. The Morgan fingerprint density at radius 1 is 1.25 bits per heavy atom. The third kappa shape index (κ3) is 2.41. The summed E-state index contributed by atoms with van der Waals surface area (Å²) < 4.78 is 0. The number of amides is 2. The average molecular weight is 222 g/mol. The van der Waals surface area contributed by atoms with Crippen molar-refractivity contribution >= 4 is 11.8 Å². The Bertz CT molecular complexity index is 333. The maximum absolute atomic E-state index is 11.9. The van der Waals surface area contributed by atoms with E-state index in [1.54, 1.807) is 0 Å². The maximum atomic E-state index is 11.9. The summed E-state index contributed by atoms with van der Waals surface area (Å²) in [6.45, 7) is 7.48. The molecule has 2 amide bonds. The van der Waals surface area contributed by atoms with Crippen LogP contribution in [-0.2, 0) is 9.59 Å². The molecule has 0 N–H and O–H groups in total. The molecule has 0 saturated carbocycles. The van der Waals surface area contributed by atoms with E-state index in [-0.39, 0.29) is 23.1 Å². The summed E-state index contributed by atoms with van der Waals surface area (Å²) >= 11 is 0. The highest BCUT2D eigenvalue weighted by molar-refractivity contribution is 5.99. The SMILES string of the molecule is CC(C)C(C#N)N1C(=O)CC(C)(C)CC1=O. The third-order valence-corrected chi connectivity index (χ3v) is 2.84. The smallest absolute Gasteiger partial charge is 0.230 e. The summed E-state index contributed by atoms with van der Waals surface area (Å²) in [7, 11) is 0. The van der Waals surface area contributed by atoms with Crippen LogP contribution in [0.3, 0.4) is 0 Å². The van der Waals surface area contributed by atoms with Crippen LogP contribution in [0.4, 0.5) is 0 Å². The molecule has 1 unspecified atom stereocenters. The Morgan fingerprint density at radius 2 is 1.69 bits per heavy atom. The second kappa shape index (κ2) is 4.25. The van der Waals surface area contributed by atoms with Crippen LogP contribution in [0, 0.1) is 22.7 Å². The molecular formula is C12H18N2O2. The minimum atomic E-state index is -0.629. The van der Waals surface area contributed by atoms with E-state index in [2.05, 4.69) is 0 Å². The minimum absolute atomic E-state index is 0.0286. The summed E-state index contributed by atoms with van der Waals surface area (Å²) in [5, 5.41) is 9.02. The molecule has 0 bridgehead atoms. The van der Waals surface area contributed by atoms with Crippen molar-refractivity contribution in [3.8, 4) is 6.07 Å². The number of hydrogen-bond acceptors (Lipinski definition) is 3. The molecule has 1 aliphatic heterocycles. The summed E-state index contributed by atoms with van der Waals surface area (Å²) in [6.07, 6.45) is 0.674.